The van der Waals surface area contributed by atoms with Gasteiger partial charge in [-0.05, 0) is 35.4 Å². The van der Waals surface area contributed by atoms with E-state index in [4.69, 9.17) is 15.2 Å². The first-order chi connectivity index (χ1) is 12.3. The van der Waals surface area contributed by atoms with E-state index in [0.717, 1.165) is 16.9 Å². The van der Waals surface area contributed by atoms with E-state index in [1.165, 1.54) is 6.92 Å². The van der Waals surface area contributed by atoms with Gasteiger partial charge < -0.3 is 20.3 Å². The van der Waals surface area contributed by atoms with Crippen molar-refractivity contribution in [1.82, 2.24) is 0 Å². The van der Waals surface area contributed by atoms with Crippen LogP contribution in [0.15, 0.2) is 48.5 Å². The summed E-state index contributed by atoms with van der Waals surface area (Å²) in [7, 11) is 0. The monoisotopic (exact) mass is 357 g/mol. The van der Waals surface area contributed by atoms with Gasteiger partial charge in [-0.2, -0.15) is 0 Å². The Morgan fingerprint density at radius 2 is 1.58 bits per heavy atom. The van der Waals surface area contributed by atoms with Crippen molar-refractivity contribution in [3.05, 3.63) is 59.7 Å². The molecule has 0 fully saturated rings. The molecule has 0 saturated heterocycles. The van der Waals surface area contributed by atoms with Crippen LogP contribution in [0.5, 0.6) is 11.5 Å². The molecule has 140 valence electrons. The summed E-state index contributed by atoms with van der Waals surface area (Å²) in [6.07, 6.45) is 0. The Balaban J connectivity index is 2.01. The Bertz CT molecular complexity index is 708. The van der Waals surface area contributed by atoms with Gasteiger partial charge in [-0.15, -0.1) is 0 Å². The minimum absolute atomic E-state index is 0.0352. The molecule has 0 aliphatic carbocycles. The molecule has 26 heavy (non-hydrogen) atoms. The van der Waals surface area contributed by atoms with Gasteiger partial charge in [0.15, 0.2) is 0 Å². The van der Waals surface area contributed by atoms with Gasteiger partial charge in [-0.1, -0.05) is 38.1 Å². The molecule has 5 heteroatoms. The predicted octanol–water partition coefficient (Wildman–Crippen LogP) is 3.23. The number of phenolic OH excluding ortho intramolecular Hbond substituents is 1. The minimum atomic E-state index is -0.315. The zero-order valence-corrected chi connectivity index (χ0v) is 15.6. The molecule has 3 N–H and O–H groups in total. The van der Waals surface area contributed by atoms with Crippen molar-refractivity contribution in [3.63, 3.8) is 0 Å². The fourth-order valence-electron chi connectivity index (χ4n) is 2.65. The van der Waals surface area contributed by atoms with Crippen LogP contribution in [0, 0.1) is 5.92 Å². The van der Waals surface area contributed by atoms with Crippen molar-refractivity contribution >= 4 is 5.97 Å². The van der Waals surface area contributed by atoms with Crippen LogP contribution in [-0.2, 0) is 14.9 Å². The highest BCUT2D eigenvalue weighted by atomic mass is 16.5. The van der Waals surface area contributed by atoms with E-state index in [2.05, 4.69) is 13.8 Å². The first-order valence-electron chi connectivity index (χ1n) is 8.69. The van der Waals surface area contributed by atoms with Gasteiger partial charge in [0.1, 0.15) is 11.5 Å². The average molecular weight is 357 g/mol. The zero-order valence-electron chi connectivity index (χ0n) is 15.6. The quantitative estimate of drug-likeness (QED) is 0.709. The van der Waals surface area contributed by atoms with Crippen LogP contribution in [0.25, 0.3) is 0 Å². The summed E-state index contributed by atoms with van der Waals surface area (Å²) in [5.41, 5.74) is 7.76. The second-order valence-corrected chi connectivity index (χ2v) is 6.91. The lowest BCUT2D eigenvalue weighted by Crippen LogP contribution is -2.27. The summed E-state index contributed by atoms with van der Waals surface area (Å²) < 4.78 is 10.8. The molecule has 1 atom stereocenters. The standard InChI is InChI=1S/C21H27NO4/c1-15(23)25-13-16(12-22)14-26-20-10-6-18(7-11-20)21(2,3)17-4-8-19(24)9-5-17/h4-11,16,24H,12-14,22H2,1-3H3/t16-/m0/s1. The normalized spacial score (nSPS) is 12.5. The fraction of sp³-hybridized carbons (Fsp3) is 0.381. The van der Waals surface area contributed by atoms with Gasteiger partial charge >= 0.3 is 5.97 Å². The number of carbonyl (C=O) groups is 1. The summed E-state index contributed by atoms with van der Waals surface area (Å²) in [6.45, 7) is 6.70. The number of esters is 1. The van der Waals surface area contributed by atoms with E-state index >= 15 is 0 Å². The van der Waals surface area contributed by atoms with Crippen molar-refractivity contribution in [1.29, 1.82) is 0 Å². The number of benzene rings is 2. The summed E-state index contributed by atoms with van der Waals surface area (Å²) in [4.78, 5) is 10.9. The lowest BCUT2D eigenvalue weighted by molar-refractivity contribution is -0.142. The molecule has 2 rings (SSSR count). The van der Waals surface area contributed by atoms with Crippen LogP contribution >= 0.6 is 0 Å². The summed E-state index contributed by atoms with van der Waals surface area (Å²) in [6, 6.07) is 15.2. The smallest absolute Gasteiger partial charge is 0.302 e. The lowest BCUT2D eigenvalue weighted by Gasteiger charge is -2.26. The summed E-state index contributed by atoms with van der Waals surface area (Å²) in [5, 5.41) is 9.47. The lowest BCUT2D eigenvalue weighted by atomic mass is 9.78. The Morgan fingerprint density at radius 1 is 1.04 bits per heavy atom. The van der Waals surface area contributed by atoms with Crippen molar-refractivity contribution in [3.8, 4) is 11.5 Å². The van der Waals surface area contributed by atoms with Crippen LogP contribution in [-0.4, -0.2) is 30.8 Å². The van der Waals surface area contributed by atoms with E-state index in [-0.39, 0.29) is 29.7 Å². The molecule has 0 amide bonds. The molecule has 0 saturated carbocycles. The highest BCUT2D eigenvalue weighted by Gasteiger charge is 2.23. The van der Waals surface area contributed by atoms with Crippen LogP contribution in [0.2, 0.25) is 0 Å². The van der Waals surface area contributed by atoms with E-state index in [1.807, 2.05) is 36.4 Å². The molecular formula is C21H27NO4. The highest BCUT2D eigenvalue weighted by Crippen LogP contribution is 2.33. The molecular weight excluding hydrogens is 330 g/mol. The second kappa shape index (κ2) is 8.72. The van der Waals surface area contributed by atoms with E-state index in [9.17, 15) is 9.90 Å². The number of ether oxygens (including phenoxy) is 2. The third-order valence-corrected chi connectivity index (χ3v) is 4.51. The molecule has 2 aromatic rings. The molecule has 2 aromatic carbocycles. The highest BCUT2D eigenvalue weighted by molar-refractivity contribution is 5.65. The third-order valence-electron chi connectivity index (χ3n) is 4.51. The molecule has 0 bridgehead atoms. The molecule has 0 aromatic heterocycles. The van der Waals surface area contributed by atoms with Gasteiger partial charge in [0.25, 0.3) is 0 Å². The van der Waals surface area contributed by atoms with Crippen LogP contribution in [0.4, 0.5) is 0 Å². The third kappa shape index (κ3) is 5.23. The molecule has 0 aliphatic heterocycles. The number of hydrogen-bond donors (Lipinski definition) is 2. The molecule has 5 nitrogen and oxygen atoms in total. The summed E-state index contributed by atoms with van der Waals surface area (Å²) >= 11 is 0. The minimum Gasteiger partial charge on any atom is -0.508 e. The number of carbonyl (C=O) groups excluding carboxylic acids is 1. The Labute approximate surface area is 154 Å². The van der Waals surface area contributed by atoms with Crippen LogP contribution in [0.1, 0.15) is 31.9 Å². The Kier molecular flexibility index (Phi) is 6.64. The molecule has 0 unspecified atom stereocenters. The van der Waals surface area contributed by atoms with E-state index in [1.54, 1.807) is 12.1 Å². The average Bonchev–Trinajstić information content (AvgIpc) is 2.62. The Hall–Kier alpha value is -2.53. The van der Waals surface area contributed by atoms with Crippen molar-refractivity contribution in [2.75, 3.05) is 19.8 Å². The zero-order chi connectivity index (χ0) is 19.2. The molecule has 0 heterocycles. The van der Waals surface area contributed by atoms with Gasteiger partial charge in [0.2, 0.25) is 0 Å². The van der Waals surface area contributed by atoms with E-state index < -0.39 is 0 Å². The Morgan fingerprint density at radius 3 is 2.08 bits per heavy atom. The molecule has 0 spiro atoms. The van der Waals surface area contributed by atoms with Gasteiger partial charge in [-0.25, -0.2) is 0 Å². The van der Waals surface area contributed by atoms with Crippen LogP contribution in [0.3, 0.4) is 0 Å². The van der Waals surface area contributed by atoms with Gasteiger partial charge in [-0.3, -0.25) is 4.79 Å². The van der Waals surface area contributed by atoms with Crippen molar-refractivity contribution < 1.29 is 19.4 Å². The number of nitrogens with two attached hydrogens (primary N) is 1. The maximum Gasteiger partial charge on any atom is 0.302 e. The first kappa shape index (κ1) is 19.8. The largest absolute Gasteiger partial charge is 0.508 e. The number of hydrogen-bond acceptors (Lipinski definition) is 5. The van der Waals surface area contributed by atoms with E-state index in [0.29, 0.717) is 13.2 Å². The van der Waals surface area contributed by atoms with Crippen molar-refractivity contribution in [2.24, 2.45) is 11.7 Å². The van der Waals surface area contributed by atoms with Crippen LogP contribution < -0.4 is 10.5 Å². The molecule has 0 radical (unpaired) electrons. The van der Waals surface area contributed by atoms with Gasteiger partial charge in [0.05, 0.1) is 13.2 Å². The topological polar surface area (TPSA) is 81.8 Å². The second-order valence-electron chi connectivity index (χ2n) is 6.91. The molecule has 0 aliphatic rings. The maximum absolute atomic E-state index is 10.9. The maximum atomic E-state index is 10.9. The summed E-state index contributed by atoms with van der Waals surface area (Å²) in [5.74, 6) is 0.657. The number of phenols is 1. The van der Waals surface area contributed by atoms with Crippen molar-refractivity contribution in [2.45, 2.75) is 26.2 Å². The SMILES string of the molecule is CC(=O)OC[C@H](CN)COc1ccc(C(C)(C)c2ccc(O)cc2)cc1. The number of rotatable bonds is 8. The number of aromatic hydroxyl groups is 1. The predicted molar refractivity (Wildman–Crippen MR) is 101 cm³/mol. The first-order valence-corrected chi connectivity index (χ1v) is 8.69. The van der Waals surface area contributed by atoms with Gasteiger partial charge in [0, 0.05) is 24.8 Å². The fourth-order valence-corrected chi connectivity index (χ4v) is 2.65.